The lowest BCUT2D eigenvalue weighted by molar-refractivity contribution is 0.101. The minimum Gasteiger partial charge on any atom is -0.492 e. The Kier molecular flexibility index (Phi) is 5.49. The molecule has 0 saturated carbocycles. The maximum atomic E-state index is 11.7. The molecule has 2 aromatic carbocycles. The smallest absolute Gasteiger partial charge is 0.159 e. The normalized spacial score (nSPS) is 16.1. The highest BCUT2D eigenvalue weighted by Crippen LogP contribution is 2.35. The summed E-state index contributed by atoms with van der Waals surface area (Å²) in [5.41, 5.74) is 1.65. The zero-order valence-corrected chi connectivity index (χ0v) is 15.3. The molecule has 3 rings (SSSR count). The van der Waals surface area contributed by atoms with Crippen molar-refractivity contribution >= 4 is 23.1 Å². The molecule has 25 heavy (non-hydrogen) atoms. The van der Waals surface area contributed by atoms with Gasteiger partial charge in [-0.25, -0.2) is 0 Å². The number of hydrogen-bond donors (Lipinski definition) is 0. The van der Waals surface area contributed by atoms with Gasteiger partial charge in [0.05, 0.1) is 18.8 Å². The molecule has 0 amide bonds. The molecule has 1 unspecified atom stereocenters. The number of halogens is 1. The first-order valence-electron chi connectivity index (χ1n) is 8.51. The number of carbonyl (C=O) groups excluding carboxylic acids is 1. The number of ether oxygens (including phenoxy) is 2. The molecule has 5 heteroatoms. The topological polar surface area (TPSA) is 38.8 Å². The second-order valence-electron chi connectivity index (χ2n) is 6.14. The van der Waals surface area contributed by atoms with Gasteiger partial charge in [0.1, 0.15) is 24.2 Å². The average molecular weight is 360 g/mol. The van der Waals surface area contributed by atoms with E-state index in [1.165, 1.54) is 0 Å². The van der Waals surface area contributed by atoms with Gasteiger partial charge in [0.2, 0.25) is 0 Å². The van der Waals surface area contributed by atoms with Crippen LogP contribution in [0.3, 0.4) is 0 Å². The van der Waals surface area contributed by atoms with Crippen LogP contribution in [0.15, 0.2) is 42.5 Å². The lowest BCUT2D eigenvalue weighted by Gasteiger charge is -2.36. The van der Waals surface area contributed by atoms with Crippen LogP contribution in [-0.2, 0) is 0 Å². The van der Waals surface area contributed by atoms with Crippen LogP contribution < -0.4 is 14.4 Å². The fourth-order valence-corrected chi connectivity index (χ4v) is 3.00. The summed E-state index contributed by atoms with van der Waals surface area (Å²) in [4.78, 5) is 13.9. The number of nitrogens with zero attached hydrogens (tertiary/aromatic N) is 1. The highest BCUT2D eigenvalue weighted by atomic mass is 35.5. The van der Waals surface area contributed by atoms with Crippen LogP contribution in [0, 0.1) is 0 Å². The summed E-state index contributed by atoms with van der Waals surface area (Å²) >= 11 is 5.89. The van der Waals surface area contributed by atoms with Crippen LogP contribution >= 0.6 is 11.6 Å². The fraction of sp³-hybridized carbons (Fsp3) is 0.350. The van der Waals surface area contributed by atoms with Gasteiger partial charge in [-0.1, -0.05) is 18.5 Å². The van der Waals surface area contributed by atoms with Crippen LogP contribution in [0.2, 0.25) is 5.02 Å². The summed E-state index contributed by atoms with van der Waals surface area (Å²) in [6.45, 7) is 5.74. The molecule has 0 spiro atoms. The maximum absolute atomic E-state index is 11.7. The molecule has 1 atom stereocenters. The molecule has 0 bridgehead atoms. The molecule has 0 fully saturated rings. The number of Topliss-reactive ketones (excluding diaryl/α,β-unsaturated/α-hetero) is 1. The van der Waals surface area contributed by atoms with Crippen molar-refractivity contribution in [3.63, 3.8) is 0 Å². The van der Waals surface area contributed by atoms with Gasteiger partial charge in [0, 0.05) is 10.6 Å². The molecular formula is C20H22ClNO3. The summed E-state index contributed by atoms with van der Waals surface area (Å²) in [6, 6.07) is 13.0. The first-order valence-corrected chi connectivity index (χ1v) is 8.89. The Hall–Kier alpha value is -2.20. The Morgan fingerprint density at radius 2 is 2.04 bits per heavy atom. The molecule has 1 aliphatic rings. The molecular weight excluding hydrogens is 338 g/mol. The van der Waals surface area contributed by atoms with E-state index in [1.54, 1.807) is 6.92 Å². The summed E-state index contributed by atoms with van der Waals surface area (Å²) in [6.07, 6.45) is 1.08. The maximum Gasteiger partial charge on any atom is 0.159 e. The highest BCUT2D eigenvalue weighted by molar-refractivity contribution is 6.30. The zero-order chi connectivity index (χ0) is 17.8. The summed E-state index contributed by atoms with van der Waals surface area (Å²) in [7, 11) is 0. The van der Waals surface area contributed by atoms with Crippen molar-refractivity contribution < 1.29 is 14.3 Å². The van der Waals surface area contributed by atoms with Crippen molar-refractivity contribution in [2.75, 3.05) is 24.6 Å². The van der Waals surface area contributed by atoms with E-state index in [-0.39, 0.29) is 11.9 Å². The molecule has 0 N–H and O–H groups in total. The Balaban J connectivity index is 1.72. The van der Waals surface area contributed by atoms with Gasteiger partial charge in [0.25, 0.3) is 0 Å². The van der Waals surface area contributed by atoms with Crippen molar-refractivity contribution in [1.82, 2.24) is 0 Å². The Morgan fingerprint density at radius 1 is 1.28 bits per heavy atom. The molecule has 1 heterocycles. The van der Waals surface area contributed by atoms with E-state index in [0.717, 1.165) is 36.7 Å². The van der Waals surface area contributed by atoms with E-state index in [9.17, 15) is 4.79 Å². The number of carbonyl (C=O) groups is 1. The van der Waals surface area contributed by atoms with Crippen molar-refractivity contribution in [2.24, 2.45) is 0 Å². The van der Waals surface area contributed by atoms with Crippen LogP contribution in [0.25, 0.3) is 0 Å². The van der Waals surface area contributed by atoms with Gasteiger partial charge >= 0.3 is 0 Å². The third-order valence-corrected chi connectivity index (χ3v) is 4.57. The van der Waals surface area contributed by atoms with Gasteiger partial charge in [-0.15, -0.1) is 0 Å². The first kappa shape index (κ1) is 17.6. The third-order valence-electron chi connectivity index (χ3n) is 4.32. The Morgan fingerprint density at radius 3 is 2.72 bits per heavy atom. The molecule has 0 aliphatic carbocycles. The third kappa shape index (κ3) is 4.26. The second-order valence-corrected chi connectivity index (χ2v) is 6.57. The minimum absolute atomic E-state index is 0.0535. The SMILES string of the molecule is CCC1CN(CCOc2ccc(Cl)cc2)c2cc(C(C)=O)ccc2O1. The van der Waals surface area contributed by atoms with E-state index in [4.69, 9.17) is 21.1 Å². The van der Waals surface area contributed by atoms with Crippen LogP contribution in [-0.4, -0.2) is 31.6 Å². The van der Waals surface area contributed by atoms with Gasteiger partial charge in [-0.2, -0.15) is 0 Å². The van der Waals surface area contributed by atoms with Gasteiger partial charge in [-0.3, -0.25) is 4.79 Å². The molecule has 1 aliphatic heterocycles. The Bertz CT molecular complexity index is 745. The van der Waals surface area contributed by atoms with E-state index in [1.807, 2.05) is 42.5 Å². The van der Waals surface area contributed by atoms with Crippen molar-refractivity contribution in [1.29, 1.82) is 0 Å². The lowest BCUT2D eigenvalue weighted by Crippen LogP contribution is -2.41. The second kappa shape index (κ2) is 7.79. The monoisotopic (exact) mass is 359 g/mol. The number of ketones is 1. The van der Waals surface area contributed by atoms with E-state index < -0.39 is 0 Å². The molecule has 2 aromatic rings. The number of fused-ring (bicyclic) bond motifs is 1. The van der Waals surface area contributed by atoms with Crippen LogP contribution in [0.5, 0.6) is 11.5 Å². The fourth-order valence-electron chi connectivity index (χ4n) is 2.87. The van der Waals surface area contributed by atoms with Gasteiger partial charge in [0.15, 0.2) is 5.78 Å². The summed E-state index contributed by atoms with van der Waals surface area (Å²) in [5, 5.41) is 0.692. The molecule has 132 valence electrons. The number of hydrogen-bond acceptors (Lipinski definition) is 4. The summed E-state index contributed by atoms with van der Waals surface area (Å²) < 4.78 is 11.8. The van der Waals surface area contributed by atoms with Crippen molar-refractivity contribution in [3.8, 4) is 11.5 Å². The number of rotatable bonds is 6. The summed E-state index contributed by atoms with van der Waals surface area (Å²) in [5.74, 6) is 1.68. The minimum atomic E-state index is 0.0535. The quantitative estimate of drug-likeness (QED) is 0.706. The highest BCUT2D eigenvalue weighted by Gasteiger charge is 2.25. The lowest BCUT2D eigenvalue weighted by atomic mass is 10.1. The van der Waals surface area contributed by atoms with Crippen molar-refractivity contribution in [2.45, 2.75) is 26.4 Å². The molecule has 0 saturated heterocycles. The molecule has 0 aromatic heterocycles. The van der Waals surface area contributed by atoms with E-state index >= 15 is 0 Å². The zero-order valence-electron chi connectivity index (χ0n) is 14.5. The van der Waals surface area contributed by atoms with Crippen molar-refractivity contribution in [3.05, 3.63) is 53.1 Å². The van der Waals surface area contributed by atoms with E-state index in [0.29, 0.717) is 17.2 Å². The van der Waals surface area contributed by atoms with E-state index in [2.05, 4.69) is 11.8 Å². The first-order chi connectivity index (χ1) is 12.1. The van der Waals surface area contributed by atoms with Gasteiger partial charge in [-0.05, 0) is 55.8 Å². The molecule has 4 nitrogen and oxygen atoms in total. The molecule has 0 radical (unpaired) electrons. The standard InChI is InChI=1S/C20H22ClNO3/c1-3-17-13-22(10-11-24-18-7-5-16(21)6-8-18)19-12-15(14(2)23)4-9-20(19)25-17/h4-9,12,17H,3,10-11,13H2,1-2H3. The average Bonchev–Trinajstić information content (AvgIpc) is 2.62. The largest absolute Gasteiger partial charge is 0.492 e. The Labute approximate surface area is 153 Å². The van der Waals surface area contributed by atoms with Crippen LogP contribution in [0.1, 0.15) is 30.6 Å². The van der Waals surface area contributed by atoms with Gasteiger partial charge < -0.3 is 14.4 Å². The predicted octanol–water partition coefficient (Wildman–Crippen LogP) is 4.60. The number of benzene rings is 2. The predicted molar refractivity (Wildman–Crippen MR) is 100 cm³/mol. The number of anilines is 1. The van der Waals surface area contributed by atoms with Crippen LogP contribution in [0.4, 0.5) is 5.69 Å².